The zero-order valence-corrected chi connectivity index (χ0v) is 17.1. The monoisotopic (exact) mass is 407 g/mol. The molecule has 1 aromatic carbocycles. The molecule has 0 radical (unpaired) electrons. The van der Waals surface area contributed by atoms with Crippen LogP contribution in [0.2, 0.25) is 5.02 Å². The summed E-state index contributed by atoms with van der Waals surface area (Å²) in [6.07, 6.45) is 0.489. The van der Waals surface area contributed by atoms with E-state index in [1.165, 1.54) is 0 Å². The van der Waals surface area contributed by atoms with E-state index in [2.05, 4.69) is 27.8 Å². The van der Waals surface area contributed by atoms with E-state index >= 15 is 0 Å². The molecule has 28 heavy (non-hydrogen) atoms. The second-order valence-corrected chi connectivity index (χ2v) is 7.94. The fourth-order valence-electron chi connectivity index (χ4n) is 3.72. The number of carbonyl (C=O) groups is 3. The third kappa shape index (κ3) is 4.01. The maximum absolute atomic E-state index is 12.7. The van der Waals surface area contributed by atoms with Crippen molar-refractivity contribution in [3.63, 3.8) is 0 Å². The minimum atomic E-state index is -1.02. The number of nitrogens with one attached hydrogen (secondary N) is 3. The van der Waals surface area contributed by atoms with Crippen molar-refractivity contribution in [3.05, 3.63) is 23.2 Å². The summed E-state index contributed by atoms with van der Waals surface area (Å²) < 4.78 is 0. The van der Waals surface area contributed by atoms with Crippen LogP contribution in [0.15, 0.2) is 18.2 Å². The molecular weight excluding hydrogens is 382 g/mol. The maximum Gasteiger partial charge on any atom is 0.322 e. The van der Waals surface area contributed by atoms with E-state index < -0.39 is 11.6 Å². The molecule has 0 spiro atoms. The van der Waals surface area contributed by atoms with Crippen LogP contribution in [0, 0.1) is 0 Å². The molecule has 2 atom stereocenters. The molecule has 2 heterocycles. The molecule has 0 saturated carbocycles. The molecule has 4 amide bonds. The number of imide groups is 1. The van der Waals surface area contributed by atoms with Crippen LogP contribution >= 0.6 is 11.6 Å². The summed E-state index contributed by atoms with van der Waals surface area (Å²) in [7, 11) is 1.83. The molecule has 1 aromatic rings. The highest BCUT2D eigenvalue weighted by molar-refractivity contribution is 6.33. The number of hydrogen-bond acceptors (Lipinski definition) is 5. The van der Waals surface area contributed by atoms with Crippen LogP contribution in [0.25, 0.3) is 0 Å². The fourth-order valence-corrected chi connectivity index (χ4v) is 3.93. The number of carbonyl (C=O) groups excluding carboxylic acids is 3. The highest BCUT2D eigenvalue weighted by atomic mass is 35.5. The van der Waals surface area contributed by atoms with E-state index in [9.17, 15) is 14.4 Å². The van der Waals surface area contributed by atoms with Gasteiger partial charge in [-0.2, -0.15) is 0 Å². The predicted molar refractivity (Wildman–Crippen MR) is 109 cm³/mol. The standard InChI is InChI=1S/C19H26ClN5O3/c1-12-11-24(16(26)6-7-19(2)17(27)22-18(28)23-19)8-9-25(12)13-4-5-14(20)15(10-13)21-3/h4-5,10,12,21H,6-9,11H2,1-3H3,(H2,22,23,27,28)/t12-,19+/m0/s1. The minimum absolute atomic E-state index is 0.00584. The summed E-state index contributed by atoms with van der Waals surface area (Å²) in [6, 6.07) is 5.51. The van der Waals surface area contributed by atoms with Crippen molar-refractivity contribution >= 4 is 40.8 Å². The molecule has 3 rings (SSSR count). The van der Waals surface area contributed by atoms with Crippen molar-refractivity contribution in [2.24, 2.45) is 0 Å². The average molecular weight is 408 g/mol. The molecule has 0 aromatic heterocycles. The molecule has 2 fully saturated rings. The summed E-state index contributed by atoms with van der Waals surface area (Å²) in [4.78, 5) is 40.0. The molecule has 0 unspecified atom stereocenters. The molecule has 0 aliphatic carbocycles. The van der Waals surface area contributed by atoms with Crippen molar-refractivity contribution in [2.45, 2.75) is 38.3 Å². The quantitative estimate of drug-likeness (QED) is 0.647. The topological polar surface area (TPSA) is 93.8 Å². The van der Waals surface area contributed by atoms with Crippen molar-refractivity contribution in [2.75, 3.05) is 36.9 Å². The van der Waals surface area contributed by atoms with E-state index in [1.54, 1.807) is 6.92 Å². The Morgan fingerprint density at radius 2 is 2.11 bits per heavy atom. The Hall–Kier alpha value is -2.48. The maximum atomic E-state index is 12.7. The third-order valence-electron chi connectivity index (χ3n) is 5.49. The van der Waals surface area contributed by atoms with Gasteiger partial charge in [-0.05, 0) is 38.5 Å². The number of nitrogens with zero attached hydrogens (tertiary/aromatic N) is 2. The van der Waals surface area contributed by atoms with Crippen LogP contribution in [0.3, 0.4) is 0 Å². The molecule has 8 nitrogen and oxygen atoms in total. The van der Waals surface area contributed by atoms with Crippen LogP contribution in [0.4, 0.5) is 16.2 Å². The summed E-state index contributed by atoms with van der Waals surface area (Å²) in [5.41, 5.74) is 0.911. The molecule has 0 bridgehead atoms. The minimum Gasteiger partial charge on any atom is -0.387 e. The second-order valence-electron chi connectivity index (χ2n) is 7.54. The highest BCUT2D eigenvalue weighted by Crippen LogP contribution is 2.29. The summed E-state index contributed by atoms with van der Waals surface area (Å²) in [6.45, 7) is 5.65. The van der Waals surface area contributed by atoms with Crippen LogP contribution < -0.4 is 20.9 Å². The summed E-state index contributed by atoms with van der Waals surface area (Å²) in [5, 5.41) is 8.57. The number of rotatable bonds is 5. The van der Waals surface area contributed by atoms with Gasteiger partial charge in [-0.3, -0.25) is 14.9 Å². The Kier molecular flexibility index (Phi) is 5.69. The fraction of sp³-hybridized carbons (Fsp3) is 0.526. The molecular formula is C19H26ClN5O3. The SMILES string of the molecule is CNc1cc(N2CCN(C(=O)CC[C@@]3(C)NC(=O)NC3=O)C[C@@H]2C)ccc1Cl. The lowest BCUT2D eigenvalue weighted by Gasteiger charge is -2.41. The van der Waals surface area contributed by atoms with Gasteiger partial charge in [0.1, 0.15) is 5.54 Å². The largest absolute Gasteiger partial charge is 0.387 e. The van der Waals surface area contributed by atoms with Crippen LogP contribution in [0.1, 0.15) is 26.7 Å². The zero-order chi connectivity index (χ0) is 20.5. The first kappa shape index (κ1) is 20.3. The highest BCUT2D eigenvalue weighted by Gasteiger charge is 2.42. The lowest BCUT2D eigenvalue weighted by atomic mass is 9.95. The van der Waals surface area contributed by atoms with Crippen molar-refractivity contribution in [1.82, 2.24) is 15.5 Å². The van der Waals surface area contributed by atoms with E-state index in [4.69, 9.17) is 11.6 Å². The number of benzene rings is 1. The van der Waals surface area contributed by atoms with Crippen LogP contribution in [-0.4, -0.2) is 61.0 Å². The first-order valence-corrected chi connectivity index (χ1v) is 9.76. The van der Waals surface area contributed by atoms with Crippen molar-refractivity contribution in [3.8, 4) is 0 Å². The van der Waals surface area contributed by atoms with E-state index in [-0.39, 0.29) is 30.7 Å². The smallest absolute Gasteiger partial charge is 0.322 e. The molecule has 2 aliphatic rings. The van der Waals surface area contributed by atoms with Gasteiger partial charge in [-0.25, -0.2) is 4.79 Å². The van der Waals surface area contributed by atoms with Gasteiger partial charge >= 0.3 is 6.03 Å². The van der Waals surface area contributed by atoms with E-state index in [0.29, 0.717) is 24.7 Å². The molecule has 9 heteroatoms. The molecule has 2 saturated heterocycles. The second kappa shape index (κ2) is 7.87. The van der Waals surface area contributed by atoms with Gasteiger partial charge in [0.2, 0.25) is 5.91 Å². The Morgan fingerprint density at radius 3 is 2.71 bits per heavy atom. The Labute approximate surface area is 169 Å². The number of piperazine rings is 1. The van der Waals surface area contributed by atoms with Crippen LogP contribution in [0.5, 0.6) is 0 Å². The number of amides is 4. The Morgan fingerprint density at radius 1 is 1.36 bits per heavy atom. The average Bonchev–Trinajstić information content (AvgIpc) is 2.92. The van der Waals surface area contributed by atoms with E-state index in [0.717, 1.165) is 11.4 Å². The lowest BCUT2D eigenvalue weighted by Crippen LogP contribution is -2.54. The number of hydrogen-bond donors (Lipinski definition) is 3. The first-order valence-electron chi connectivity index (χ1n) is 9.39. The Balaban J connectivity index is 1.58. The van der Waals surface area contributed by atoms with Gasteiger partial charge in [0.25, 0.3) is 5.91 Å². The zero-order valence-electron chi connectivity index (χ0n) is 16.3. The first-order chi connectivity index (χ1) is 13.2. The predicted octanol–water partition coefficient (Wildman–Crippen LogP) is 1.80. The number of halogens is 1. The van der Waals surface area contributed by atoms with Gasteiger partial charge < -0.3 is 20.4 Å². The van der Waals surface area contributed by atoms with Crippen molar-refractivity contribution < 1.29 is 14.4 Å². The molecule has 2 aliphatic heterocycles. The third-order valence-corrected chi connectivity index (χ3v) is 5.82. The number of urea groups is 1. The van der Waals surface area contributed by atoms with Gasteiger partial charge in [-0.15, -0.1) is 0 Å². The van der Waals surface area contributed by atoms with Gasteiger partial charge in [-0.1, -0.05) is 11.6 Å². The lowest BCUT2D eigenvalue weighted by molar-refractivity contribution is -0.132. The Bertz CT molecular complexity index is 802. The van der Waals surface area contributed by atoms with E-state index in [1.807, 2.05) is 30.1 Å². The van der Waals surface area contributed by atoms with Crippen molar-refractivity contribution in [1.29, 1.82) is 0 Å². The molecule has 152 valence electrons. The summed E-state index contributed by atoms with van der Waals surface area (Å²) in [5.74, 6) is -0.389. The number of anilines is 2. The summed E-state index contributed by atoms with van der Waals surface area (Å²) >= 11 is 6.17. The van der Waals surface area contributed by atoms with Crippen LogP contribution in [-0.2, 0) is 9.59 Å². The van der Waals surface area contributed by atoms with Gasteiger partial charge in [0.15, 0.2) is 0 Å². The normalized spacial score (nSPS) is 24.8. The molecule has 3 N–H and O–H groups in total. The van der Waals surface area contributed by atoms with Gasteiger partial charge in [0, 0.05) is 44.8 Å². The van der Waals surface area contributed by atoms with Gasteiger partial charge in [0.05, 0.1) is 10.7 Å².